The number of nitrogens with zero attached hydrogens (tertiary/aromatic N) is 7. The lowest BCUT2D eigenvalue weighted by Crippen LogP contribution is -2.35. The molecule has 0 aliphatic heterocycles. The zero-order valence-electron chi connectivity index (χ0n) is 18.5. The van der Waals surface area contributed by atoms with Crippen LogP contribution in [0.3, 0.4) is 0 Å². The fourth-order valence-corrected chi connectivity index (χ4v) is 3.39. The van der Waals surface area contributed by atoms with Gasteiger partial charge in [0, 0.05) is 35.7 Å². The maximum atomic E-state index is 12.4. The average molecular weight is 468 g/mol. The zero-order valence-corrected chi connectivity index (χ0v) is 18.5. The number of ether oxygens (including phenoxy) is 1. The third kappa shape index (κ3) is 5.03. The van der Waals surface area contributed by atoms with Crippen molar-refractivity contribution >= 4 is 11.6 Å². The maximum Gasteiger partial charge on any atom is 0.267 e. The molecule has 5 rings (SSSR count). The van der Waals surface area contributed by atoms with Crippen molar-refractivity contribution < 1.29 is 9.53 Å². The summed E-state index contributed by atoms with van der Waals surface area (Å²) in [6.45, 7) is 0.209. The van der Waals surface area contributed by atoms with Crippen LogP contribution in [0.4, 0.5) is 0 Å². The predicted octanol–water partition coefficient (Wildman–Crippen LogP) is 1.61. The molecule has 0 saturated heterocycles. The predicted molar refractivity (Wildman–Crippen MR) is 126 cm³/mol. The molecule has 0 radical (unpaired) electrons. The van der Waals surface area contributed by atoms with Crippen molar-refractivity contribution in [3.05, 3.63) is 89.5 Å². The molecule has 0 saturated carbocycles. The number of fused-ring (bicyclic) bond motifs is 1. The number of benzene rings is 1. The monoisotopic (exact) mass is 468 g/mol. The lowest BCUT2D eigenvalue weighted by Gasteiger charge is -2.09. The zero-order chi connectivity index (χ0) is 24.0. The number of carbonyl (C=O) groups is 1. The summed E-state index contributed by atoms with van der Waals surface area (Å²) < 4.78 is 8.42. The summed E-state index contributed by atoms with van der Waals surface area (Å²) in [5.74, 6) is 0.613. The summed E-state index contributed by atoms with van der Waals surface area (Å²) in [5, 5.41) is 19.8. The van der Waals surface area contributed by atoms with E-state index in [4.69, 9.17) is 4.74 Å². The van der Waals surface area contributed by atoms with Crippen LogP contribution in [-0.4, -0.2) is 53.6 Å². The van der Waals surface area contributed by atoms with Gasteiger partial charge in [-0.05, 0) is 24.3 Å². The highest BCUT2D eigenvalue weighted by atomic mass is 16.5. The normalized spacial score (nSPS) is 10.9. The van der Waals surface area contributed by atoms with Crippen LogP contribution < -0.4 is 15.6 Å². The van der Waals surface area contributed by atoms with Crippen molar-refractivity contribution in [2.24, 2.45) is 0 Å². The number of carbonyl (C=O) groups excluding carboxylic acids is 1. The first-order chi connectivity index (χ1) is 17.2. The van der Waals surface area contributed by atoms with Crippen molar-refractivity contribution in [1.82, 2.24) is 39.9 Å². The topological polar surface area (TPSA) is 129 Å². The molecule has 0 aliphatic carbocycles. The molecule has 174 valence electrons. The number of pyridine rings is 1. The minimum Gasteiger partial charge on any atom is -0.475 e. The fourth-order valence-electron chi connectivity index (χ4n) is 3.39. The van der Waals surface area contributed by atoms with Crippen molar-refractivity contribution in [2.45, 2.75) is 6.54 Å². The lowest BCUT2D eigenvalue weighted by atomic mass is 10.2. The molecule has 11 heteroatoms. The molecular formula is C24H20N8O3. The third-order valence-electron chi connectivity index (χ3n) is 5.08. The van der Waals surface area contributed by atoms with Gasteiger partial charge in [0.25, 0.3) is 5.56 Å². The second kappa shape index (κ2) is 9.91. The van der Waals surface area contributed by atoms with Crippen molar-refractivity contribution in [3.8, 4) is 28.5 Å². The van der Waals surface area contributed by atoms with Gasteiger partial charge in [0.1, 0.15) is 13.2 Å². The first-order valence-corrected chi connectivity index (χ1v) is 10.8. The number of amides is 1. The first kappa shape index (κ1) is 21.9. The van der Waals surface area contributed by atoms with E-state index < -0.39 is 0 Å². The van der Waals surface area contributed by atoms with Crippen LogP contribution in [0, 0.1) is 0 Å². The highest BCUT2D eigenvalue weighted by Crippen LogP contribution is 2.18. The third-order valence-corrected chi connectivity index (χ3v) is 5.08. The molecule has 0 bridgehead atoms. The second-order valence-corrected chi connectivity index (χ2v) is 7.48. The minimum atomic E-state index is -0.366. The van der Waals surface area contributed by atoms with Crippen LogP contribution in [0.2, 0.25) is 0 Å². The van der Waals surface area contributed by atoms with Crippen LogP contribution in [-0.2, 0) is 11.3 Å². The maximum absolute atomic E-state index is 12.4. The van der Waals surface area contributed by atoms with Crippen LogP contribution in [0.1, 0.15) is 0 Å². The Hall–Kier alpha value is -4.93. The fraction of sp³-hybridized carbons (Fsp3) is 0.125. The van der Waals surface area contributed by atoms with Gasteiger partial charge in [-0.15, -0.1) is 15.3 Å². The molecule has 1 amide bonds. The van der Waals surface area contributed by atoms with Gasteiger partial charge in [0.05, 0.1) is 12.2 Å². The Morgan fingerprint density at radius 1 is 0.886 bits per heavy atom. The molecule has 1 N–H and O–H groups in total. The standard InChI is InChI=1S/C24H20N8O3/c33-21(16-31-23(34)9-6-19(29-31)17-10-12-25-13-11-17)26-14-15-35-22-8-7-20-27-28-24(32(20)30-22)18-4-2-1-3-5-18/h1-13H,14-16H2,(H,26,33). The molecular weight excluding hydrogens is 448 g/mol. The summed E-state index contributed by atoms with van der Waals surface area (Å²) in [7, 11) is 0. The van der Waals surface area contributed by atoms with E-state index in [0.717, 1.165) is 15.8 Å². The molecule has 0 spiro atoms. The number of aromatic nitrogens is 7. The van der Waals surface area contributed by atoms with E-state index in [-0.39, 0.29) is 31.2 Å². The highest BCUT2D eigenvalue weighted by Gasteiger charge is 2.11. The molecule has 11 nitrogen and oxygen atoms in total. The number of nitrogens with one attached hydrogen (secondary N) is 1. The van der Waals surface area contributed by atoms with Gasteiger partial charge in [0.2, 0.25) is 11.8 Å². The van der Waals surface area contributed by atoms with Gasteiger partial charge in [-0.2, -0.15) is 9.61 Å². The molecule has 0 aliphatic rings. The van der Waals surface area contributed by atoms with Crippen molar-refractivity contribution in [1.29, 1.82) is 0 Å². The first-order valence-electron chi connectivity index (χ1n) is 10.8. The Labute approximate surface area is 199 Å². The van der Waals surface area contributed by atoms with Gasteiger partial charge in [0.15, 0.2) is 11.5 Å². The van der Waals surface area contributed by atoms with Gasteiger partial charge in [-0.1, -0.05) is 30.3 Å². The van der Waals surface area contributed by atoms with Crippen LogP contribution in [0.5, 0.6) is 5.88 Å². The van der Waals surface area contributed by atoms with Crippen LogP contribution >= 0.6 is 0 Å². The molecule has 4 aromatic heterocycles. The van der Waals surface area contributed by atoms with E-state index in [1.807, 2.05) is 30.3 Å². The SMILES string of the molecule is O=C(Cn1nc(-c2ccncc2)ccc1=O)NCCOc1ccc2nnc(-c3ccccc3)n2n1. The van der Waals surface area contributed by atoms with Gasteiger partial charge in [-0.25, -0.2) is 4.68 Å². The van der Waals surface area contributed by atoms with E-state index >= 15 is 0 Å². The summed E-state index contributed by atoms with van der Waals surface area (Å²) in [5.41, 5.74) is 2.49. The molecule has 1 aromatic carbocycles. The van der Waals surface area contributed by atoms with Crippen molar-refractivity contribution in [2.75, 3.05) is 13.2 Å². The van der Waals surface area contributed by atoms with E-state index in [9.17, 15) is 9.59 Å². The molecule has 0 unspecified atom stereocenters. The Balaban J connectivity index is 1.18. The average Bonchev–Trinajstić information content (AvgIpc) is 3.32. The van der Waals surface area contributed by atoms with E-state index in [1.165, 1.54) is 6.07 Å². The summed E-state index contributed by atoms with van der Waals surface area (Å²) in [6.07, 6.45) is 3.27. The van der Waals surface area contributed by atoms with E-state index in [0.29, 0.717) is 23.0 Å². The summed E-state index contributed by atoms with van der Waals surface area (Å²) in [4.78, 5) is 28.5. The molecule has 5 aromatic rings. The lowest BCUT2D eigenvalue weighted by molar-refractivity contribution is -0.122. The van der Waals surface area contributed by atoms with E-state index in [2.05, 4.69) is 30.7 Å². The van der Waals surface area contributed by atoms with Gasteiger partial charge in [-0.3, -0.25) is 14.6 Å². The van der Waals surface area contributed by atoms with Gasteiger partial charge < -0.3 is 10.1 Å². The Morgan fingerprint density at radius 2 is 1.71 bits per heavy atom. The summed E-state index contributed by atoms with van der Waals surface area (Å²) >= 11 is 0. The smallest absolute Gasteiger partial charge is 0.267 e. The Morgan fingerprint density at radius 3 is 2.54 bits per heavy atom. The molecule has 0 atom stereocenters. The van der Waals surface area contributed by atoms with Crippen LogP contribution in [0.15, 0.2) is 83.9 Å². The molecule has 4 heterocycles. The number of hydrogen-bond donors (Lipinski definition) is 1. The molecule has 0 fully saturated rings. The summed E-state index contributed by atoms with van der Waals surface area (Å²) in [6, 6.07) is 19.6. The van der Waals surface area contributed by atoms with Crippen molar-refractivity contribution in [3.63, 3.8) is 0 Å². The van der Waals surface area contributed by atoms with Crippen LogP contribution in [0.25, 0.3) is 28.3 Å². The largest absolute Gasteiger partial charge is 0.475 e. The minimum absolute atomic E-state index is 0.187. The Bertz CT molecular complexity index is 1520. The van der Waals surface area contributed by atoms with E-state index in [1.54, 1.807) is 47.2 Å². The number of rotatable bonds is 8. The highest BCUT2D eigenvalue weighted by molar-refractivity contribution is 5.75. The van der Waals surface area contributed by atoms with Gasteiger partial charge >= 0.3 is 0 Å². The Kier molecular flexibility index (Phi) is 6.20. The molecule has 35 heavy (non-hydrogen) atoms. The number of hydrogen-bond acceptors (Lipinski definition) is 8. The quantitative estimate of drug-likeness (QED) is 0.340. The second-order valence-electron chi connectivity index (χ2n) is 7.48.